The van der Waals surface area contributed by atoms with Crippen molar-refractivity contribution in [1.82, 2.24) is 19.7 Å². The number of anilines is 1. The first-order valence-electron chi connectivity index (χ1n) is 7.34. The highest BCUT2D eigenvalue weighted by molar-refractivity contribution is 7.12. The highest BCUT2D eigenvalue weighted by Crippen LogP contribution is 2.24. The fourth-order valence-corrected chi connectivity index (χ4v) is 3.19. The van der Waals surface area contributed by atoms with E-state index in [1.807, 2.05) is 38.3 Å². The van der Waals surface area contributed by atoms with Crippen LogP contribution in [0.5, 0.6) is 0 Å². The number of carbonyl (C=O) groups excluding carboxylic acids is 1. The third kappa shape index (κ3) is 3.47. The maximum Gasteiger partial charge on any atom is 0.231 e. The molecule has 0 saturated heterocycles. The lowest BCUT2D eigenvalue weighted by molar-refractivity contribution is -0.115. The van der Waals surface area contributed by atoms with Crippen molar-refractivity contribution in [1.29, 1.82) is 0 Å². The Morgan fingerprint density at radius 3 is 2.75 bits per heavy atom. The molecule has 0 aliphatic heterocycles. The minimum atomic E-state index is -0.156. The molecule has 24 heavy (non-hydrogen) atoms. The van der Waals surface area contributed by atoms with E-state index in [0.717, 1.165) is 17.1 Å². The fraction of sp³-hybridized carbons (Fsp3) is 0.250. The molecule has 3 aromatic heterocycles. The predicted octanol–water partition coefficient (Wildman–Crippen LogP) is 3.48. The monoisotopic (exact) mass is 361 g/mol. The van der Waals surface area contributed by atoms with Crippen LogP contribution in [0.15, 0.2) is 23.6 Å². The average molecular weight is 362 g/mol. The van der Waals surface area contributed by atoms with Crippen molar-refractivity contribution in [3.8, 4) is 5.13 Å². The van der Waals surface area contributed by atoms with Gasteiger partial charge in [-0.25, -0.2) is 14.6 Å². The standard InChI is InChI=1S/C16H16ClN5OS/c1-9-5-4-6-13(18-9)20-14(23)7-12-8-24-16(19-12)22-11(3)15(17)10(2)21-22/h4-6,8H,7H2,1-3H3,(H,18,20,23). The number of rotatable bonds is 4. The van der Waals surface area contributed by atoms with E-state index >= 15 is 0 Å². The summed E-state index contributed by atoms with van der Waals surface area (Å²) in [7, 11) is 0. The summed E-state index contributed by atoms with van der Waals surface area (Å²) in [5, 5.41) is 10.3. The van der Waals surface area contributed by atoms with Crippen molar-refractivity contribution in [2.24, 2.45) is 0 Å². The van der Waals surface area contributed by atoms with E-state index in [1.165, 1.54) is 11.3 Å². The second kappa shape index (κ2) is 6.70. The maximum atomic E-state index is 12.1. The molecule has 0 bridgehead atoms. The Balaban J connectivity index is 1.72. The Hall–Kier alpha value is -2.25. The van der Waals surface area contributed by atoms with Crippen LogP contribution in [-0.2, 0) is 11.2 Å². The first-order chi connectivity index (χ1) is 11.4. The summed E-state index contributed by atoms with van der Waals surface area (Å²) in [6, 6.07) is 5.49. The number of aromatic nitrogens is 4. The molecule has 0 unspecified atom stereocenters. The topological polar surface area (TPSA) is 72.7 Å². The number of hydrogen-bond acceptors (Lipinski definition) is 5. The minimum Gasteiger partial charge on any atom is -0.310 e. The lowest BCUT2D eigenvalue weighted by Gasteiger charge is -2.03. The summed E-state index contributed by atoms with van der Waals surface area (Å²) >= 11 is 7.59. The predicted molar refractivity (Wildman–Crippen MR) is 95.0 cm³/mol. The van der Waals surface area contributed by atoms with E-state index in [1.54, 1.807) is 10.7 Å². The summed E-state index contributed by atoms with van der Waals surface area (Å²) in [4.78, 5) is 20.9. The lowest BCUT2D eigenvalue weighted by Crippen LogP contribution is -2.15. The fourth-order valence-electron chi connectivity index (χ4n) is 2.25. The maximum absolute atomic E-state index is 12.1. The second-order valence-electron chi connectivity index (χ2n) is 5.41. The third-order valence-corrected chi connectivity index (χ3v) is 4.83. The number of halogens is 1. The van der Waals surface area contributed by atoms with Gasteiger partial charge in [0.25, 0.3) is 0 Å². The van der Waals surface area contributed by atoms with Crippen LogP contribution in [0.1, 0.15) is 22.8 Å². The van der Waals surface area contributed by atoms with Gasteiger partial charge in [0.2, 0.25) is 11.0 Å². The van der Waals surface area contributed by atoms with Crippen LogP contribution in [0, 0.1) is 20.8 Å². The summed E-state index contributed by atoms with van der Waals surface area (Å²) < 4.78 is 1.70. The first kappa shape index (κ1) is 16.6. The molecule has 124 valence electrons. The first-order valence-corrected chi connectivity index (χ1v) is 8.60. The number of nitrogens with zero attached hydrogens (tertiary/aromatic N) is 4. The van der Waals surface area contributed by atoms with E-state index in [4.69, 9.17) is 11.6 Å². The smallest absolute Gasteiger partial charge is 0.231 e. The largest absolute Gasteiger partial charge is 0.310 e. The molecular formula is C16H16ClN5OS. The molecule has 6 nitrogen and oxygen atoms in total. The van der Waals surface area contributed by atoms with Crippen LogP contribution < -0.4 is 5.32 Å². The number of amides is 1. The molecule has 1 amide bonds. The Morgan fingerprint density at radius 1 is 1.29 bits per heavy atom. The summed E-state index contributed by atoms with van der Waals surface area (Å²) in [5.41, 5.74) is 3.13. The van der Waals surface area contributed by atoms with E-state index in [9.17, 15) is 4.79 Å². The van der Waals surface area contributed by atoms with Gasteiger partial charge in [0.05, 0.1) is 28.5 Å². The van der Waals surface area contributed by atoms with Crippen LogP contribution in [-0.4, -0.2) is 25.7 Å². The van der Waals surface area contributed by atoms with Gasteiger partial charge in [0, 0.05) is 11.1 Å². The van der Waals surface area contributed by atoms with E-state index in [0.29, 0.717) is 21.7 Å². The molecule has 0 fully saturated rings. The highest BCUT2D eigenvalue weighted by atomic mass is 35.5. The van der Waals surface area contributed by atoms with Crippen LogP contribution in [0.25, 0.3) is 5.13 Å². The zero-order valence-electron chi connectivity index (χ0n) is 13.5. The van der Waals surface area contributed by atoms with Crippen molar-refractivity contribution >= 4 is 34.7 Å². The van der Waals surface area contributed by atoms with E-state index in [-0.39, 0.29) is 12.3 Å². The number of nitrogens with one attached hydrogen (secondary N) is 1. The Morgan fingerprint density at radius 2 is 2.08 bits per heavy atom. The average Bonchev–Trinajstić information content (AvgIpc) is 3.07. The number of aryl methyl sites for hydroxylation is 2. The highest BCUT2D eigenvalue weighted by Gasteiger charge is 2.15. The lowest BCUT2D eigenvalue weighted by atomic mass is 10.3. The van der Waals surface area contributed by atoms with Crippen LogP contribution in [0.3, 0.4) is 0 Å². The van der Waals surface area contributed by atoms with Crippen molar-refractivity contribution in [3.05, 3.63) is 51.4 Å². The van der Waals surface area contributed by atoms with Gasteiger partial charge >= 0.3 is 0 Å². The summed E-state index contributed by atoms with van der Waals surface area (Å²) in [6.45, 7) is 5.62. The van der Waals surface area contributed by atoms with Crippen LogP contribution in [0.2, 0.25) is 5.02 Å². The van der Waals surface area contributed by atoms with Gasteiger partial charge in [-0.2, -0.15) is 5.10 Å². The van der Waals surface area contributed by atoms with Crippen molar-refractivity contribution in [3.63, 3.8) is 0 Å². The molecule has 3 rings (SSSR count). The van der Waals surface area contributed by atoms with Crippen LogP contribution in [0.4, 0.5) is 5.82 Å². The van der Waals surface area contributed by atoms with Gasteiger partial charge in [-0.05, 0) is 32.9 Å². The van der Waals surface area contributed by atoms with E-state index in [2.05, 4.69) is 20.4 Å². The molecular weight excluding hydrogens is 346 g/mol. The molecule has 0 spiro atoms. The Labute approximate surface area is 148 Å². The molecule has 1 N–H and O–H groups in total. The zero-order chi connectivity index (χ0) is 17.3. The molecule has 3 aromatic rings. The molecule has 0 saturated carbocycles. The van der Waals surface area contributed by atoms with Crippen molar-refractivity contribution < 1.29 is 4.79 Å². The number of carbonyl (C=O) groups is 1. The Bertz CT molecular complexity index is 902. The molecule has 0 aliphatic rings. The van der Waals surface area contributed by atoms with Gasteiger partial charge in [-0.15, -0.1) is 11.3 Å². The normalized spacial score (nSPS) is 10.8. The zero-order valence-corrected chi connectivity index (χ0v) is 15.1. The quantitative estimate of drug-likeness (QED) is 0.772. The third-order valence-electron chi connectivity index (χ3n) is 3.42. The van der Waals surface area contributed by atoms with E-state index < -0.39 is 0 Å². The van der Waals surface area contributed by atoms with Gasteiger partial charge in [0.1, 0.15) is 5.82 Å². The number of pyridine rings is 1. The Kier molecular flexibility index (Phi) is 4.64. The van der Waals surface area contributed by atoms with Gasteiger partial charge in [0.15, 0.2) is 0 Å². The molecule has 0 aliphatic carbocycles. The van der Waals surface area contributed by atoms with Crippen molar-refractivity contribution in [2.75, 3.05) is 5.32 Å². The van der Waals surface area contributed by atoms with Crippen molar-refractivity contribution in [2.45, 2.75) is 27.2 Å². The number of hydrogen-bond donors (Lipinski definition) is 1. The van der Waals surface area contributed by atoms with Gasteiger partial charge < -0.3 is 5.32 Å². The van der Waals surface area contributed by atoms with Gasteiger partial charge in [-0.1, -0.05) is 17.7 Å². The second-order valence-corrected chi connectivity index (χ2v) is 6.62. The molecule has 8 heteroatoms. The minimum absolute atomic E-state index is 0.156. The SMILES string of the molecule is Cc1cccc(NC(=O)Cc2csc(-n3nc(C)c(Cl)c3C)n2)n1. The summed E-state index contributed by atoms with van der Waals surface area (Å²) in [6.07, 6.45) is 0.180. The molecule has 0 radical (unpaired) electrons. The van der Waals surface area contributed by atoms with Gasteiger partial charge in [-0.3, -0.25) is 4.79 Å². The molecule has 3 heterocycles. The number of thiazole rings is 1. The summed E-state index contributed by atoms with van der Waals surface area (Å²) in [5.74, 6) is 0.386. The molecule has 0 aromatic carbocycles. The van der Waals surface area contributed by atoms with Crippen LogP contribution >= 0.6 is 22.9 Å². The molecule has 0 atom stereocenters.